The van der Waals surface area contributed by atoms with E-state index in [0.717, 1.165) is 38.6 Å². The number of methoxy groups -OCH3 is 1. The summed E-state index contributed by atoms with van der Waals surface area (Å²) in [4.78, 5) is 12.4. The van der Waals surface area contributed by atoms with Gasteiger partial charge in [0.1, 0.15) is 12.0 Å². The molecule has 0 aromatic carbocycles. The van der Waals surface area contributed by atoms with Crippen LogP contribution in [-0.4, -0.2) is 33.8 Å². The van der Waals surface area contributed by atoms with E-state index in [2.05, 4.69) is 20.1 Å². The molecule has 0 radical (unpaired) electrons. The number of rotatable bonds is 8. The van der Waals surface area contributed by atoms with Gasteiger partial charge in [-0.3, -0.25) is 0 Å². The first kappa shape index (κ1) is 14.4. The Labute approximate surface area is 117 Å². The molecule has 0 saturated carbocycles. The molecule has 2 N–H and O–H groups in total. The molecule has 108 valence electrons. The molecule has 7 nitrogen and oxygen atoms in total. The van der Waals surface area contributed by atoms with Crippen molar-refractivity contribution in [3.8, 4) is 17.4 Å². The van der Waals surface area contributed by atoms with Crippen LogP contribution >= 0.6 is 0 Å². The third-order valence-corrected chi connectivity index (χ3v) is 2.89. The molecule has 0 aliphatic carbocycles. The zero-order valence-corrected chi connectivity index (χ0v) is 11.6. The molecule has 2 rings (SSSR count). The molecule has 0 spiro atoms. The minimum absolute atomic E-state index is 0.461. The number of aromatic nitrogens is 4. The van der Waals surface area contributed by atoms with Crippen molar-refractivity contribution in [2.45, 2.75) is 32.1 Å². The molecule has 0 atom stereocenters. The second-order valence-electron chi connectivity index (χ2n) is 4.41. The van der Waals surface area contributed by atoms with Gasteiger partial charge >= 0.3 is 0 Å². The van der Waals surface area contributed by atoms with Crippen molar-refractivity contribution in [3.05, 3.63) is 18.3 Å². The molecule has 0 saturated heterocycles. The maximum Gasteiger partial charge on any atom is 0.227 e. The minimum Gasteiger partial charge on any atom is -0.481 e. The normalized spacial score (nSPS) is 10.7. The summed E-state index contributed by atoms with van der Waals surface area (Å²) in [6.45, 7) is 0.750. The van der Waals surface area contributed by atoms with Gasteiger partial charge in [0.15, 0.2) is 0 Å². The van der Waals surface area contributed by atoms with Gasteiger partial charge < -0.3 is 15.0 Å². The number of unbranched alkanes of at least 4 members (excludes halogenated alkanes) is 3. The number of nitrogens with two attached hydrogens (primary N) is 1. The number of hydrogen-bond acceptors (Lipinski definition) is 7. The highest BCUT2D eigenvalue weighted by Gasteiger charge is 2.10. The fraction of sp³-hybridized carbons (Fsp3) is 0.538. The van der Waals surface area contributed by atoms with Gasteiger partial charge in [-0.05, 0) is 19.4 Å². The second-order valence-corrected chi connectivity index (χ2v) is 4.41. The van der Waals surface area contributed by atoms with Crippen LogP contribution in [-0.2, 0) is 6.42 Å². The molecule has 0 bridgehead atoms. The van der Waals surface area contributed by atoms with E-state index < -0.39 is 0 Å². The summed E-state index contributed by atoms with van der Waals surface area (Å²) < 4.78 is 10.3. The van der Waals surface area contributed by atoms with E-state index in [9.17, 15) is 0 Å². The summed E-state index contributed by atoms with van der Waals surface area (Å²) in [5.74, 6) is 1.57. The van der Waals surface area contributed by atoms with Crippen LogP contribution in [0.1, 0.15) is 31.6 Å². The number of ether oxygens (including phenoxy) is 1. The van der Waals surface area contributed by atoms with E-state index in [4.69, 9.17) is 15.0 Å². The van der Waals surface area contributed by atoms with Crippen LogP contribution in [0.4, 0.5) is 0 Å². The lowest BCUT2D eigenvalue weighted by Crippen LogP contribution is -1.97. The predicted molar refractivity (Wildman–Crippen MR) is 73.1 cm³/mol. The van der Waals surface area contributed by atoms with Gasteiger partial charge in [0.05, 0.1) is 7.11 Å². The first-order valence-electron chi connectivity index (χ1n) is 6.72. The van der Waals surface area contributed by atoms with E-state index in [1.165, 1.54) is 6.33 Å². The van der Waals surface area contributed by atoms with Crippen molar-refractivity contribution in [2.24, 2.45) is 5.73 Å². The van der Waals surface area contributed by atoms with E-state index in [-0.39, 0.29) is 0 Å². The van der Waals surface area contributed by atoms with Crippen LogP contribution in [0.25, 0.3) is 11.5 Å². The Morgan fingerprint density at radius 3 is 2.85 bits per heavy atom. The van der Waals surface area contributed by atoms with Crippen LogP contribution in [0.2, 0.25) is 0 Å². The van der Waals surface area contributed by atoms with Gasteiger partial charge in [-0.2, -0.15) is 4.98 Å². The Morgan fingerprint density at radius 1 is 1.20 bits per heavy atom. The van der Waals surface area contributed by atoms with E-state index in [1.54, 1.807) is 13.2 Å². The van der Waals surface area contributed by atoms with Gasteiger partial charge in [-0.25, -0.2) is 9.97 Å². The molecular formula is C13H19N5O2. The summed E-state index contributed by atoms with van der Waals surface area (Å²) in [5, 5.41) is 3.92. The first-order chi connectivity index (χ1) is 9.83. The molecule has 0 unspecified atom stereocenters. The van der Waals surface area contributed by atoms with Crippen molar-refractivity contribution in [2.75, 3.05) is 13.7 Å². The van der Waals surface area contributed by atoms with Gasteiger partial charge in [-0.1, -0.05) is 18.0 Å². The zero-order chi connectivity index (χ0) is 14.2. The maximum absolute atomic E-state index is 5.45. The molecule has 0 fully saturated rings. The maximum atomic E-state index is 5.45. The first-order valence-corrected chi connectivity index (χ1v) is 6.72. The monoisotopic (exact) mass is 277 g/mol. The highest BCUT2D eigenvalue weighted by molar-refractivity contribution is 5.49. The average Bonchev–Trinajstić information content (AvgIpc) is 2.96. The highest BCUT2D eigenvalue weighted by atomic mass is 16.5. The van der Waals surface area contributed by atoms with Crippen molar-refractivity contribution in [1.29, 1.82) is 0 Å². The lowest BCUT2D eigenvalue weighted by molar-refractivity contribution is 0.373. The lowest BCUT2D eigenvalue weighted by Gasteiger charge is -1.98. The summed E-state index contributed by atoms with van der Waals surface area (Å²) in [6.07, 6.45) is 6.54. The van der Waals surface area contributed by atoms with Crippen LogP contribution in [0.5, 0.6) is 5.88 Å². The molecule has 0 aliphatic heterocycles. The van der Waals surface area contributed by atoms with Crippen molar-refractivity contribution >= 4 is 0 Å². The quantitative estimate of drug-likeness (QED) is 0.731. The van der Waals surface area contributed by atoms with Gasteiger partial charge in [0.2, 0.25) is 17.6 Å². The van der Waals surface area contributed by atoms with E-state index >= 15 is 0 Å². The molecule has 20 heavy (non-hydrogen) atoms. The molecule has 0 aliphatic rings. The number of hydrogen-bond donors (Lipinski definition) is 1. The third kappa shape index (κ3) is 3.99. The van der Waals surface area contributed by atoms with Gasteiger partial charge in [-0.15, -0.1) is 0 Å². The predicted octanol–water partition coefficient (Wildman–Crippen LogP) is 1.60. The summed E-state index contributed by atoms with van der Waals surface area (Å²) in [6, 6.07) is 1.68. The summed E-state index contributed by atoms with van der Waals surface area (Å²) >= 11 is 0. The molecule has 2 aromatic rings. The van der Waals surface area contributed by atoms with E-state index in [1.807, 2.05) is 0 Å². The van der Waals surface area contributed by atoms with Crippen LogP contribution < -0.4 is 10.5 Å². The van der Waals surface area contributed by atoms with Gasteiger partial charge in [0, 0.05) is 12.5 Å². The van der Waals surface area contributed by atoms with Crippen molar-refractivity contribution in [1.82, 2.24) is 20.1 Å². The second kappa shape index (κ2) is 7.54. The SMILES string of the molecule is COc1cc(-c2noc(CCCCCCN)n2)ncn1. The Bertz CT molecular complexity index is 529. The van der Waals surface area contributed by atoms with Crippen LogP contribution in [0.15, 0.2) is 16.9 Å². The topological polar surface area (TPSA) is 100.0 Å². The highest BCUT2D eigenvalue weighted by Crippen LogP contribution is 2.17. The molecule has 0 amide bonds. The molecule has 2 heterocycles. The lowest BCUT2D eigenvalue weighted by atomic mass is 10.1. The fourth-order valence-electron chi connectivity index (χ4n) is 1.81. The summed E-state index contributed by atoms with van der Waals surface area (Å²) in [5.41, 5.74) is 6.04. The molecule has 2 aromatic heterocycles. The largest absolute Gasteiger partial charge is 0.481 e. The Kier molecular flexibility index (Phi) is 5.43. The van der Waals surface area contributed by atoms with Crippen molar-refractivity contribution < 1.29 is 9.26 Å². The fourth-order valence-corrected chi connectivity index (χ4v) is 1.81. The zero-order valence-electron chi connectivity index (χ0n) is 11.6. The third-order valence-electron chi connectivity index (χ3n) is 2.89. The van der Waals surface area contributed by atoms with Crippen molar-refractivity contribution in [3.63, 3.8) is 0 Å². The molecule has 7 heteroatoms. The number of aryl methyl sites for hydroxylation is 1. The van der Waals surface area contributed by atoms with Gasteiger partial charge in [0.25, 0.3) is 0 Å². The van der Waals surface area contributed by atoms with Crippen LogP contribution in [0.3, 0.4) is 0 Å². The minimum atomic E-state index is 0.461. The Morgan fingerprint density at radius 2 is 2.05 bits per heavy atom. The van der Waals surface area contributed by atoms with E-state index in [0.29, 0.717) is 23.3 Å². The molecular weight excluding hydrogens is 258 g/mol. The average molecular weight is 277 g/mol. The smallest absolute Gasteiger partial charge is 0.227 e. The Balaban J connectivity index is 1.91. The standard InChI is InChI=1S/C13H19N5O2/c1-19-12-8-10(15-9-16-12)13-17-11(20-18-13)6-4-2-3-5-7-14/h8-9H,2-7,14H2,1H3. The number of nitrogens with zero attached hydrogens (tertiary/aromatic N) is 4. The van der Waals surface area contributed by atoms with Crippen LogP contribution in [0, 0.1) is 0 Å². The summed E-state index contributed by atoms with van der Waals surface area (Å²) in [7, 11) is 1.55. The Hall–Kier alpha value is -2.02.